The summed E-state index contributed by atoms with van der Waals surface area (Å²) < 4.78 is 0. The van der Waals surface area contributed by atoms with Gasteiger partial charge in [0.1, 0.15) is 0 Å². The van der Waals surface area contributed by atoms with Gasteiger partial charge in [0.05, 0.1) is 0 Å². The second-order valence-corrected chi connectivity index (χ2v) is 7.48. The first-order valence-electron chi connectivity index (χ1n) is 10.3. The van der Waals surface area contributed by atoms with Gasteiger partial charge in [-0.3, -0.25) is 0 Å². The van der Waals surface area contributed by atoms with Gasteiger partial charge < -0.3 is 0 Å². The quantitative estimate of drug-likeness (QED) is 0.287. The molecule has 0 radical (unpaired) electrons. The van der Waals surface area contributed by atoms with Crippen LogP contribution in [0.25, 0.3) is 28.1 Å². The van der Waals surface area contributed by atoms with E-state index in [4.69, 9.17) is 11.6 Å². The molecule has 3 nitrogen and oxygen atoms in total. The largest absolute Gasteiger partial charge is 0.226 e. The summed E-state index contributed by atoms with van der Waals surface area (Å²) in [6.45, 7) is 3.82. The predicted molar refractivity (Wildman–Crippen MR) is 133 cm³/mol. The molecule has 0 bridgehead atoms. The standard InChI is InChI=1S/C28H22ClN3/c1-2-10-24(16-9-13-21-11-5-3-6-12-21)26-30-27(32-28(29)31-26)25-19-17-23(18-20-25)22-14-7-4-8-15-22/h2-12,14-20H,1,13H2/b16-9-,24-10+. The molecule has 0 aliphatic heterocycles. The Labute approximate surface area is 193 Å². The molecule has 0 unspecified atom stereocenters. The van der Waals surface area contributed by atoms with E-state index in [0.29, 0.717) is 11.6 Å². The Bertz CT molecular complexity index is 1250. The van der Waals surface area contributed by atoms with Crippen LogP contribution >= 0.6 is 11.6 Å². The van der Waals surface area contributed by atoms with E-state index >= 15 is 0 Å². The van der Waals surface area contributed by atoms with Crippen molar-refractivity contribution in [2.45, 2.75) is 6.42 Å². The van der Waals surface area contributed by atoms with E-state index in [1.165, 1.54) is 5.56 Å². The maximum absolute atomic E-state index is 6.26. The van der Waals surface area contributed by atoms with E-state index < -0.39 is 0 Å². The second kappa shape index (κ2) is 10.5. The molecule has 3 aromatic carbocycles. The topological polar surface area (TPSA) is 38.7 Å². The minimum absolute atomic E-state index is 0.156. The van der Waals surface area contributed by atoms with Crippen LogP contribution in [0.3, 0.4) is 0 Å². The fourth-order valence-electron chi connectivity index (χ4n) is 3.32. The molecule has 32 heavy (non-hydrogen) atoms. The molecular formula is C28H22ClN3. The third-order valence-corrected chi connectivity index (χ3v) is 5.08. The molecule has 0 fully saturated rings. The van der Waals surface area contributed by atoms with Crippen molar-refractivity contribution in [1.29, 1.82) is 0 Å². The van der Waals surface area contributed by atoms with Crippen molar-refractivity contribution in [3.05, 3.63) is 132 Å². The van der Waals surface area contributed by atoms with Gasteiger partial charge in [-0.25, -0.2) is 4.98 Å². The van der Waals surface area contributed by atoms with Crippen molar-refractivity contribution in [2.75, 3.05) is 0 Å². The van der Waals surface area contributed by atoms with E-state index in [0.717, 1.165) is 28.7 Å². The summed E-state index contributed by atoms with van der Waals surface area (Å²) in [6, 6.07) is 28.6. The van der Waals surface area contributed by atoms with E-state index in [1.807, 2.05) is 60.7 Å². The van der Waals surface area contributed by atoms with Crippen molar-refractivity contribution in [1.82, 2.24) is 15.0 Å². The van der Waals surface area contributed by atoms with Gasteiger partial charge in [-0.1, -0.05) is 116 Å². The third-order valence-electron chi connectivity index (χ3n) is 4.91. The van der Waals surface area contributed by atoms with Gasteiger partial charge in [0, 0.05) is 11.1 Å². The zero-order valence-electron chi connectivity index (χ0n) is 17.5. The summed E-state index contributed by atoms with van der Waals surface area (Å²) in [5, 5.41) is 0.156. The molecule has 4 heteroatoms. The van der Waals surface area contributed by atoms with E-state index in [-0.39, 0.29) is 5.28 Å². The highest BCUT2D eigenvalue weighted by atomic mass is 35.5. The smallest absolute Gasteiger partial charge is 0.208 e. The summed E-state index contributed by atoms with van der Waals surface area (Å²) >= 11 is 6.26. The highest BCUT2D eigenvalue weighted by molar-refractivity contribution is 6.28. The van der Waals surface area contributed by atoms with Gasteiger partial charge in [-0.15, -0.1) is 0 Å². The molecule has 4 rings (SSSR count). The van der Waals surface area contributed by atoms with Crippen LogP contribution in [0, 0.1) is 0 Å². The van der Waals surface area contributed by atoms with Gasteiger partial charge in [0.15, 0.2) is 11.6 Å². The van der Waals surface area contributed by atoms with Crippen LogP contribution in [0.5, 0.6) is 0 Å². The molecule has 4 aromatic rings. The van der Waals surface area contributed by atoms with Crippen molar-refractivity contribution in [3.63, 3.8) is 0 Å². The molecule has 0 spiro atoms. The van der Waals surface area contributed by atoms with Gasteiger partial charge >= 0.3 is 0 Å². The van der Waals surface area contributed by atoms with Crippen LogP contribution in [0.1, 0.15) is 11.4 Å². The summed E-state index contributed by atoms with van der Waals surface area (Å²) in [5.74, 6) is 1.04. The molecule has 0 N–H and O–H groups in total. The summed E-state index contributed by atoms with van der Waals surface area (Å²) in [7, 11) is 0. The third kappa shape index (κ3) is 5.45. The SMILES string of the molecule is C=C/C=C(\C=C/Cc1ccccc1)c1nc(Cl)nc(-c2ccc(-c3ccccc3)cc2)n1. The summed E-state index contributed by atoms with van der Waals surface area (Å²) in [4.78, 5) is 13.4. The average Bonchev–Trinajstić information content (AvgIpc) is 2.84. The van der Waals surface area contributed by atoms with Crippen LogP contribution in [-0.4, -0.2) is 15.0 Å². The van der Waals surface area contributed by atoms with Crippen molar-refractivity contribution >= 4 is 17.2 Å². The minimum atomic E-state index is 0.156. The number of nitrogens with zero attached hydrogens (tertiary/aromatic N) is 3. The fourth-order valence-corrected chi connectivity index (χ4v) is 3.48. The monoisotopic (exact) mass is 435 g/mol. The number of rotatable bonds is 7. The number of hydrogen-bond acceptors (Lipinski definition) is 3. The summed E-state index contributed by atoms with van der Waals surface area (Å²) in [5.41, 5.74) is 5.22. The zero-order chi connectivity index (χ0) is 22.2. The molecule has 0 saturated carbocycles. The van der Waals surface area contributed by atoms with Gasteiger partial charge in [-0.05, 0) is 34.7 Å². The molecule has 1 aromatic heterocycles. The lowest BCUT2D eigenvalue weighted by atomic mass is 10.0. The molecule has 1 heterocycles. The Morgan fingerprint density at radius 2 is 1.38 bits per heavy atom. The molecule has 0 aliphatic rings. The Balaban J connectivity index is 1.60. The molecule has 0 atom stereocenters. The molecule has 0 saturated heterocycles. The first-order valence-corrected chi connectivity index (χ1v) is 10.7. The molecule has 0 aliphatic carbocycles. The maximum Gasteiger partial charge on any atom is 0.226 e. The Morgan fingerprint density at radius 1 is 0.750 bits per heavy atom. The molecule has 0 amide bonds. The van der Waals surface area contributed by atoms with Crippen LogP contribution < -0.4 is 0 Å². The van der Waals surface area contributed by atoms with Crippen LogP contribution in [0.15, 0.2) is 116 Å². The number of benzene rings is 3. The Kier molecular flexibility index (Phi) is 7.01. The number of halogens is 1. The highest BCUT2D eigenvalue weighted by Gasteiger charge is 2.10. The first kappa shape index (κ1) is 21.4. The minimum Gasteiger partial charge on any atom is -0.208 e. The lowest BCUT2D eigenvalue weighted by Crippen LogP contribution is -2.00. The lowest BCUT2D eigenvalue weighted by Gasteiger charge is -2.07. The number of hydrogen-bond donors (Lipinski definition) is 0. The van der Waals surface area contributed by atoms with Crippen molar-refractivity contribution in [3.8, 4) is 22.5 Å². The fraction of sp³-hybridized carbons (Fsp3) is 0.0357. The number of aromatic nitrogens is 3. The normalized spacial score (nSPS) is 11.6. The Hall–Kier alpha value is -3.82. The lowest BCUT2D eigenvalue weighted by molar-refractivity contribution is 1.03. The van der Waals surface area contributed by atoms with E-state index in [2.05, 4.69) is 64.0 Å². The predicted octanol–water partition coefficient (Wildman–Crippen LogP) is 7.23. The van der Waals surface area contributed by atoms with E-state index in [1.54, 1.807) is 6.08 Å². The van der Waals surface area contributed by atoms with Crippen molar-refractivity contribution < 1.29 is 0 Å². The first-order chi connectivity index (χ1) is 15.7. The second-order valence-electron chi connectivity index (χ2n) is 7.14. The average molecular weight is 436 g/mol. The Morgan fingerprint density at radius 3 is 2.06 bits per heavy atom. The van der Waals surface area contributed by atoms with E-state index in [9.17, 15) is 0 Å². The highest BCUT2D eigenvalue weighted by Crippen LogP contribution is 2.24. The van der Waals surface area contributed by atoms with Crippen LogP contribution in [0.2, 0.25) is 5.28 Å². The molecule has 156 valence electrons. The number of allylic oxidation sites excluding steroid dienone is 5. The zero-order valence-corrected chi connectivity index (χ0v) is 18.3. The summed E-state index contributed by atoms with van der Waals surface area (Å²) in [6.07, 6.45) is 8.46. The van der Waals surface area contributed by atoms with Gasteiger partial charge in [0.25, 0.3) is 0 Å². The van der Waals surface area contributed by atoms with Gasteiger partial charge in [-0.2, -0.15) is 9.97 Å². The van der Waals surface area contributed by atoms with Crippen LogP contribution in [0.4, 0.5) is 0 Å². The van der Waals surface area contributed by atoms with Gasteiger partial charge in [0.2, 0.25) is 5.28 Å². The van der Waals surface area contributed by atoms with Crippen molar-refractivity contribution in [2.24, 2.45) is 0 Å². The maximum atomic E-state index is 6.26. The van der Waals surface area contributed by atoms with Crippen LogP contribution in [-0.2, 0) is 6.42 Å². The molecular weight excluding hydrogens is 414 g/mol.